The molecule has 0 heterocycles. The summed E-state index contributed by atoms with van der Waals surface area (Å²) < 4.78 is 0. The number of hydrogen-bond donors (Lipinski definition) is 2. The van der Waals surface area contributed by atoms with Gasteiger partial charge in [-0.3, -0.25) is 4.79 Å². The molecule has 0 aromatic heterocycles. The molecule has 1 unspecified atom stereocenters. The van der Waals surface area contributed by atoms with Gasteiger partial charge in [0.2, 0.25) is 0 Å². The van der Waals surface area contributed by atoms with Crippen molar-refractivity contribution in [1.82, 2.24) is 5.32 Å². The van der Waals surface area contributed by atoms with Gasteiger partial charge in [-0.25, -0.2) is 0 Å². The number of carboxylic acid groups (broad SMARTS) is 1. The summed E-state index contributed by atoms with van der Waals surface area (Å²) >= 11 is 5.73. The van der Waals surface area contributed by atoms with E-state index in [1.165, 1.54) is 0 Å². The Kier molecular flexibility index (Phi) is 3.28. The van der Waals surface area contributed by atoms with Crippen molar-refractivity contribution in [2.45, 2.75) is 6.04 Å². The molecular weight excluding hydrogens is 190 g/mol. The highest BCUT2D eigenvalue weighted by Gasteiger charge is 2.16. The standard InChI is InChI=1S/C9H10ClNO2/c1-11-8(9(12)13)6-3-2-4-7(10)5-6/h2-5,8,11H,1H3,(H,12,13). The molecule has 0 aliphatic rings. The Balaban J connectivity index is 2.98. The van der Waals surface area contributed by atoms with E-state index in [0.29, 0.717) is 10.6 Å². The molecule has 1 atom stereocenters. The van der Waals surface area contributed by atoms with Crippen LogP contribution in [0.2, 0.25) is 5.02 Å². The highest BCUT2D eigenvalue weighted by molar-refractivity contribution is 6.30. The second-order valence-corrected chi connectivity index (χ2v) is 3.05. The van der Waals surface area contributed by atoms with Crippen LogP contribution in [0.1, 0.15) is 11.6 Å². The van der Waals surface area contributed by atoms with Gasteiger partial charge in [-0.2, -0.15) is 0 Å². The van der Waals surface area contributed by atoms with Gasteiger partial charge in [0.1, 0.15) is 6.04 Å². The van der Waals surface area contributed by atoms with Gasteiger partial charge in [-0.05, 0) is 24.7 Å². The second kappa shape index (κ2) is 4.25. The molecule has 2 N–H and O–H groups in total. The van der Waals surface area contributed by atoms with Gasteiger partial charge < -0.3 is 10.4 Å². The third-order valence-electron chi connectivity index (χ3n) is 1.72. The first-order chi connectivity index (χ1) is 6.15. The molecule has 0 fully saturated rings. The van der Waals surface area contributed by atoms with E-state index in [-0.39, 0.29) is 0 Å². The lowest BCUT2D eigenvalue weighted by atomic mass is 10.1. The zero-order valence-electron chi connectivity index (χ0n) is 7.12. The average Bonchev–Trinajstić information content (AvgIpc) is 2.04. The first-order valence-corrected chi connectivity index (χ1v) is 4.18. The molecule has 1 rings (SSSR count). The fourth-order valence-corrected chi connectivity index (χ4v) is 1.32. The van der Waals surface area contributed by atoms with Gasteiger partial charge in [-0.1, -0.05) is 23.7 Å². The minimum absolute atomic E-state index is 0.541. The van der Waals surface area contributed by atoms with Crippen molar-refractivity contribution >= 4 is 17.6 Å². The second-order valence-electron chi connectivity index (χ2n) is 2.61. The molecule has 1 aromatic rings. The van der Waals surface area contributed by atoms with E-state index >= 15 is 0 Å². The summed E-state index contributed by atoms with van der Waals surface area (Å²) in [4.78, 5) is 10.7. The van der Waals surface area contributed by atoms with Crippen LogP contribution in [0.4, 0.5) is 0 Å². The van der Waals surface area contributed by atoms with Gasteiger partial charge >= 0.3 is 5.97 Å². The van der Waals surface area contributed by atoms with E-state index in [2.05, 4.69) is 5.32 Å². The third-order valence-corrected chi connectivity index (χ3v) is 1.95. The molecule has 4 heteroatoms. The van der Waals surface area contributed by atoms with Crippen molar-refractivity contribution < 1.29 is 9.90 Å². The van der Waals surface area contributed by atoms with Crippen molar-refractivity contribution in [2.24, 2.45) is 0 Å². The number of halogens is 1. The lowest BCUT2D eigenvalue weighted by Crippen LogP contribution is -2.24. The van der Waals surface area contributed by atoms with Crippen molar-refractivity contribution in [2.75, 3.05) is 7.05 Å². The lowest BCUT2D eigenvalue weighted by molar-refractivity contribution is -0.139. The Bertz CT molecular complexity index is 314. The number of hydrogen-bond acceptors (Lipinski definition) is 2. The maximum absolute atomic E-state index is 10.7. The maximum atomic E-state index is 10.7. The van der Waals surface area contributed by atoms with Crippen LogP contribution in [-0.4, -0.2) is 18.1 Å². The van der Waals surface area contributed by atoms with Crippen molar-refractivity contribution in [3.63, 3.8) is 0 Å². The summed E-state index contributed by atoms with van der Waals surface area (Å²) in [6.07, 6.45) is 0. The zero-order chi connectivity index (χ0) is 9.84. The first kappa shape index (κ1) is 10.0. The molecule has 0 aliphatic carbocycles. The van der Waals surface area contributed by atoms with Crippen LogP contribution in [0.5, 0.6) is 0 Å². The number of aliphatic carboxylic acids is 1. The summed E-state index contributed by atoms with van der Waals surface area (Å²) in [6.45, 7) is 0. The van der Waals surface area contributed by atoms with Crippen LogP contribution >= 0.6 is 11.6 Å². The molecule has 13 heavy (non-hydrogen) atoms. The first-order valence-electron chi connectivity index (χ1n) is 3.80. The molecule has 70 valence electrons. The van der Waals surface area contributed by atoms with E-state index in [0.717, 1.165) is 0 Å². The largest absolute Gasteiger partial charge is 0.480 e. The number of benzene rings is 1. The summed E-state index contributed by atoms with van der Waals surface area (Å²) in [6, 6.07) is 6.10. The number of likely N-dealkylation sites (N-methyl/N-ethyl adjacent to an activating group) is 1. The molecule has 0 radical (unpaired) electrons. The van der Waals surface area contributed by atoms with Crippen LogP contribution in [0.25, 0.3) is 0 Å². The van der Waals surface area contributed by atoms with Crippen LogP contribution in [0.15, 0.2) is 24.3 Å². The third kappa shape index (κ3) is 2.44. The van der Waals surface area contributed by atoms with Crippen LogP contribution in [0, 0.1) is 0 Å². The summed E-state index contributed by atoms with van der Waals surface area (Å²) in [5.74, 6) is -0.912. The molecule has 0 amide bonds. The Morgan fingerprint density at radius 1 is 1.62 bits per heavy atom. The SMILES string of the molecule is CNC(C(=O)O)c1cccc(Cl)c1. The fourth-order valence-electron chi connectivity index (χ4n) is 1.12. The summed E-state index contributed by atoms with van der Waals surface area (Å²) in [7, 11) is 1.60. The summed E-state index contributed by atoms with van der Waals surface area (Å²) in [5, 5.41) is 12.0. The maximum Gasteiger partial charge on any atom is 0.325 e. The predicted molar refractivity (Wildman–Crippen MR) is 50.9 cm³/mol. The minimum atomic E-state index is -0.912. The molecular formula is C9H10ClNO2. The highest BCUT2D eigenvalue weighted by Crippen LogP contribution is 2.17. The summed E-state index contributed by atoms with van der Waals surface area (Å²) in [5.41, 5.74) is 0.655. The van der Waals surface area contributed by atoms with Crippen LogP contribution in [-0.2, 0) is 4.79 Å². The number of carbonyl (C=O) groups is 1. The molecule has 3 nitrogen and oxygen atoms in total. The minimum Gasteiger partial charge on any atom is -0.480 e. The molecule has 0 bridgehead atoms. The Morgan fingerprint density at radius 2 is 2.31 bits per heavy atom. The molecule has 1 aromatic carbocycles. The highest BCUT2D eigenvalue weighted by atomic mass is 35.5. The van der Waals surface area contributed by atoms with E-state index in [1.54, 1.807) is 31.3 Å². The normalized spacial score (nSPS) is 12.5. The van der Waals surface area contributed by atoms with E-state index in [4.69, 9.17) is 16.7 Å². The molecule has 0 spiro atoms. The monoisotopic (exact) mass is 199 g/mol. The van der Waals surface area contributed by atoms with Crippen LogP contribution < -0.4 is 5.32 Å². The predicted octanol–water partition coefficient (Wildman–Crippen LogP) is 1.69. The van der Waals surface area contributed by atoms with E-state index < -0.39 is 12.0 Å². The number of carboxylic acids is 1. The lowest BCUT2D eigenvalue weighted by Gasteiger charge is -2.11. The van der Waals surface area contributed by atoms with Crippen molar-refractivity contribution in [1.29, 1.82) is 0 Å². The average molecular weight is 200 g/mol. The van der Waals surface area contributed by atoms with Gasteiger partial charge in [0, 0.05) is 5.02 Å². The Hall–Kier alpha value is -1.06. The van der Waals surface area contributed by atoms with Gasteiger partial charge in [0.05, 0.1) is 0 Å². The van der Waals surface area contributed by atoms with Crippen molar-refractivity contribution in [3.05, 3.63) is 34.9 Å². The van der Waals surface area contributed by atoms with Crippen LogP contribution in [0.3, 0.4) is 0 Å². The Labute approximate surface area is 81.3 Å². The molecule has 0 saturated carbocycles. The zero-order valence-corrected chi connectivity index (χ0v) is 7.88. The van der Waals surface area contributed by atoms with E-state index in [9.17, 15) is 4.79 Å². The van der Waals surface area contributed by atoms with Gasteiger partial charge in [0.15, 0.2) is 0 Å². The van der Waals surface area contributed by atoms with Gasteiger partial charge in [0.25, 0.3) is 0 Å². The molecule has 0 saturated heterocycles. The molecule has 0 aliphatic heterocycles. The quantitative estimate of drug-likeness (QED) is 0.779. The smallest absolute Gasteiger partial charge is 0.325 e. The fraction of sp³-hybridized carbons (Fsp3) is 0.222. The number of rotatable bonds is 3. The topological polar surface area (TPSA) is 49.3 Å². The van der Waals surface area contributed by atoms with Gasteiger partial charge in [-0.15, -0.1) is 0 Å². The van der Waals surface area contributed by atoms with E-state index in [1.807, 2.05) is 0 Å². The number of nitrogens with one attached hydrogen (secondary N) is 1. The van der Waals surface area contributed by atoms with Crippen molar-refractivity contribution in [3.8, 4) is 0 Å². The Morgan fingerprint density at radius 3 is 2.77 bits per heavy atom.